The topological polar surface area (TPSA) is 49.8 Å². The summed E-state index contributed by atoms with van der Waals surface area (Å²) in [6.45, 7) is 14.0. The molecule has 0 saturated carbocycles. The van der Waals surface area contributed by atoms with Crippen LogP contribution in [0.15, 0.2) is 60.8 Å². The Labute approximate surface area is 242 Å². The van der Waals surface area contributed by atoms with Crippen molar-refractivity contribution in [1.82, 2.24) is 9.97 Å². The van der Waals surface area contributed by atoms with E-state index in [2.05, 4.69) is 49.6 Å². The Morgan fingerprint density at radius 2 is 1.38 bits per heavy atom. The lowest BCUT2D eigenvalue weighted by Gasteiger charge is -2.60. The molecule has 2 N–H and O–H groups in total. The summed E-state index contributed by atoms with van der Waals surface area (Å²) < 4.78 is 0. The monoisotopic (exact) mass is 508 g/mol. The lowest BCUT2D eigenvalue weighted by atomic mass is 9.21. The molecule has 0 fully saturated rings. The van der Waals surface area contributed by atoms with E-state index in [4.69, 9.17) is 49.2 Å². The molecule has 0 aliphatic carbocycles. The van der Waals surface area contributed by atoms with Gasteiger partial charge >= 0.3 is 0 Å². The van der Waals surface area contributed by atoms with E-state index in [1.165, 1.54) is 5.56 Å². The lowest BCUT2D eigenvalue weighted by molar-refractivity contribution is 0.219. The van der Waals surface area contributed by atoms with Gasteiger partial charge in [-0.25, -0.2) is 9.97 Å². The normalized spacial score (nSPS) is 13.7. The highest BCUT2D eigenvalue weighted by Gasteiger charge is 2.52. The Morgan fingerprint density at radius 1 is 0.795 bits per heavy atom. The van der Waals surface area contributed by atoms with Gasteiger partial charge in [-0.1, -0.05) is 95.5 Å². The first-order valence-electron chi connectivity index (χ1n) is 13.5. The van der Waals surface area contributed by atoms with E-state index < -0.39 is 21.2 Å². The zero-order chi connectivity index (χ0) is 29.2. The van der Waals surface area contributed by atoms with Gasteiger partial charge in [0, 0.05) is 11.4 Å². The molecule has 10 radical (unpaired) electrons. The van der Waals surface area contributed by atoms with Crippen LogP contribution in [0.2, 0.25) is 10.3 Å². The minimum Gasteiger partial charge on any atom is -0.337 e. The molecule has 39 heavy (non-hydrogen) atoms. The van der Waals surface area contributed by atoms with Gasteiger partial charge in [0.05, 0.1) is 51.1 Å². The van der Waals surface area contributed by atoms with Crippen molar-refractivity contribution in [3.8, 4) is 0 Å². The molecule has 1 heterocycles. The van der Waals surface area contributed by atoms with Crippen molar-refractivity contribution in [2.75, 3.05) is 10.6 Å². The fourth-order valence-electron chi connectivity index (χ4n) is 4.99. The molecule has 0 aliphatic rings. The van der Waals surface area contributed by atoms with Gasteiger partial charge in [-0.3, -0.25) is 0 Å². The molecule has 0 amide bonds. The van der Waals surface area contributed by atoms with Crippen molar-refractivity contribution in [2.24, 2.45) is 11.3 Å². The highest BCUT2D eigenvalue weighted by molar-refractivity contribution is 6.60. The van der Waals surface area contributed by atoms with Gasteiger partial charge in [-0.05, 0) is 47.4 Å². The number of para-hydroxylation sites is 2. The summed E-state index contributed by atoms with van der Waals surface area (Å²) in [4.78, 5) is 9.83. The van der Waals surface area contributed by atoms with Gasteiger partial charge in [-0.2, -0.15) is 0 Å². The van der Waals surface area contributed by atoms with Crippen LogP contribution in [0.3, 0.4) is 0 Å². The molecule has 2 aromatic carbocycles. The quantitative estimate of drug-likeness (QED) is 0.293. The Morgan fingerprint density at radius 3 is 1.95 bits per heavy atom. The van der Waals surface area contributed by atoms with E-state index in [0.29, 0.717) is 29.2 Å². The van der Waals surface area contributed by atoms with Crippen LogP contribution in [0.25, 0.3) is 0 Å². The Kier molecular flexibility index (Phi) is 9.14. The summed E-state index contributed by atoms with van der Waals surface area (Å²) in [6.07, 6.45) is 2.70. The second-order valence-electron chi connectivity index (χ2n) is 12.0. The van der Waals surface area contributed by atoms with Gasteiger partial charge in [0.25, 0.3) is 0 Å². The van der Waals surface area contributed by atoms with E-state index in [1.807, 2.05) is 50.2 Å². The molecular weight excluding hydrogens is 470 g/mol. The van der Waals surface area contributed by atoms with Crippen LogP contribution in [0, 0.1) is 11.3 Å². The molecule has 0 saturated heterocycles. The summed E-state index contributed by atoms with van der Waals surface area (Å²) in [7, 11) is 32.0. The minimum absolute atomic E-state index is 0.375. The van der Waals surface area contributed by atoms with Crippen LogP contribution in [-0.4, -0.2) is 49.2 Å². The van der Waals surface area contributed by atoms with E-state index in [-0.39, 0.29) is 0 Å². The minimum atomic E-state index is -1.64. The van der Waals surface area contributed by atoms with Crippen molar-refractivity contribution in [2.45, 2.75) is 76.5 Å². The van der Waals surface area contributed by atoms with Crippen LogP contribution in [0.5, 0.6) is 0 Å². The number of benzene rings is 2. The van der Waals surface area contributed by atoms with Crippen molar-refractivity contribution in [3.05, 3.63) is 72.1 Å². The van der Waals surface area contributed by atoms with Gasteiger partial charge in [0.1, 0.15) is 0 Å². The molecule has 4 nitrogen and oxygen atoms in total. The van der Waals surface area contributed by atoms with Gasteiger partial charge in [0.2, 0.25) is 0 Å². The first-order valence-corrected chi connectivity index (χ1v) is 13.5. The predicted octanol–water partition coefficient (Wildman–Crippen LogP) is 6.45. The van der Waals surface area contributed by atoms with Crippen LogP contribution in [0.4, 0.5) is 23.0 Å². The number of hydrogen-bond acceptors (Lipinski definition) is 4. The number of nitrogens with zero attached hydrogens (tertiary/aromatic N) is 2. The summed E-state index contributed by atoms with van der Waals surface area (Å²) >= 11 is 0. The van der Waals surface area contributed by atoms with Crippen LogP contribution in [-0.2, 0) is 5.41 Å². The predicted molar refractivity (Wildman–Crippen MR) is 170 cm³/mol. The maximum atomic E-state index is 6.80. The SMILES string of the molecule is [B]C([B])([B])C(C)(C)C([B])([B])C(C)(C)c1cnc(Nc2ccccc2)c(Nc2ccccc2C(CC)C(C)C)n1. The van der Waals surface area contributed by atoms with Crippen LogP contribution in [0.1, 0.15) is 72.1 Å². The van der Waals surface area contributed by atoms with Crippen LogP contribution >= 0.6 is 0 Å². The van der Waals surface area contributed by atoms with E-state index in [0.717, 1.165) is 17.8 Å². The second-order valence-corrected chi connectivity index (χ2v) is 12.0. The Balaban J connectivity index is 2.16. The molecule has 0 aliphatic heterocycles. The van der Waals surface area contributed by atoms with Crippen molar-refractivity contribution < 1.29 is 0 Å². The fourth-order valence-corrected chi connectivity index (χ4v) is 4.99. The molecule has 1 aromatic heterocycles. The first-order chi connectivity index (χ1) is 18.0. The van der Waals surface area contributed by atoms with Crippen molar-refractivity contribution >= 4 is 62.2 Å². The third-order valence-corrected chi connectivity index (χ3v) is 8.46. The van der Waals surface area contributed by atoms with Gasteiger partial charge in [0.15, 0.2) is 11.6 Å². The van der Waals surface area contributed by atoms with Crippen molar-refractivity contribution in [3.63, 3.8) is 0 Å². The number of rotatable bonds is 11. The average molecular weight is 508 g/mol. The van der Waals surface area contributed by atoms with E-state index in [9.17, 15) is 0 Å². The zero-order valence-corrected chi connectivity index (χ0v) is 24.4. The van der Waals surface area contributed by atoms with Gasteiger partial charge < -0.3 is 10.6 Å². The highest BCUT2D eigenvalue weighted by Crippen LogP contribution is 2.60. The molecule has 0 bridgehead atoms. The Hall–Kier alpha value is -2.56. The van der Waals surface area contributed by atoms with Crippen LogP contribution < -0.4 is 10.6 Å². The summed E-state index contributed by atoms with van der Waals surface area (Å²) in [5.74, 6) is 1.96. The average Bonchev–Trinajstić information content (AvgIpc) is 2.86. The van der Waals surface area contributed by atoms with Crippen molar-refractivity contribution in [1.29, 1.82) is 0 Å². The molecule has 3 rings (SSSR count). The third-order valence-electron chi connectivity index (χ3n) is 8.46. The summed E-state index contributed by atoms with van der Waals surface area (Å²) in [5, 5.41) is 3.87. The first kappa shape index (κ1) is 31.0. The largest absolute Gasteiger partial charge is 0.337 e. The van der Waals surface area contributed by atoms with E-state index >= 15 is 0 Å². The number of nitrogens with one attached hydrogen (secondary N) is 2. The second kappa shape index (κ2) is 11.5. The Bertz CT molecular complexity index is 1250. The van der Waals surface area contributed by atoms with Gasteiger partial charge in [-0.15, -0.1) is 5.11 Å². The molecule has 1 atom stereocenters. The standard InChI is InChI=1S/C30H37B5N4/c1-8-21(19(2)3)22-16-12-13-17-23(22)38-26-25(37-20-14-10-9-11-15-20)36-18-24(39-26)27(4,5)29(31,32)28(6,7)30(33,34)35/h9-19,21H,8H2,1-7H3,(H,36,37)(H,38,39). The summed E-state index contributed by atoms with van der Waals surface area (Å²) in [5.41, 5.74) is 1.63. The summed E-state index contributed by atoms with van der Waals surface area (Å²) in [6, 6.07) is 18.1. The fraction of sp³-hybridized carbons (Fsp3) is 0.467. The number of aromatic nitrogens is 2. The number of hydrogen-bond donors (Lipinski definition) is 2. The molecule has 3 aromatic rings. The maximum absolute atomic E-state index is 6.80. The molecular formula is C30H37B5N4. The third kappa shape index (κ3) is 6.13. The smallest absolute Gasteiger partial charge is 0.174 e. The number of anilines is 4. The highest BCUT2D eigenvalue weighted by atomic mass is 15.1. The molecule has 9 heteroatoms. The maximum Gasteiger partial charge on any atom is 0.174 e. The zero-order valence-electron chi connectivity index (χ0n) is 24.4. The lowest BCUT2D eigenvalue weighted by Crippen LogP contribution is -2.53. The molecule has 1 unspecified atom stereocenters. The molecule has 0 spiro atoms. The van der Waals surface area contributed by atoms with E-state index in [1.54, 1.807) is 20.0 Å². The molecule has 192 valence electrons.